The summed E-state index contributed by atoms with van der Waals surface area (Å²) in [4.78, 5) is -0.134. The molecule has 2 aromatic carbocycles. The molecule has 0 heterocycles. The fourth-order valence-electron chi connectivity index (χ4n) is 1.78. The number of benzene rings is 2. The van der Waals surface area contributed by atoms with Crippen LogP contribution in [0.2, 0.25) is 0 Å². The topological polar surface area (TPSA) is 57.2 Å². The van der Waals surface area contributed by atoms with Gasteiger partial charge in [-0.2, -0.15) is 0 Å². The Hall–Kier alpha value is -0.390. The van der Waals surface area contributed by atoms with Crippen LogP contribution in [0.1, 0.15) is 11.1 Å². The summed E-state index contributed by atoms with van der Waals surface area (Å²) >= 11 is 0. The first-order valence-electron chi connectivity index (χ1n) is 4.85. The first kappa shape index (κ1) is 14.7. The van der Waals surface area contributed by atoms with Crippen molar-refractivity contribution in [2.24, 2.45) is 0 Å². The van der Waals surface area contributed by atoms with Crippen molar-refractivity contribution in [3.05, 3.63) is 41.5 Å². The standard InChI is InChI=1S/C12H12O3S.Na/c1-8-3-4-10-6-9(2)12(16(13,14)15)7-11(10)5-8;/h3-7H,1-2H3,(H,13,14,15);/q;+1/p-1. The zero-order valence-electron chi connectivity index (χ0n) is 10.0. The molecule has 0 saturated carbocycles. The van der Waals surface area contributed by atoms with Gasteiger partial charge >= 0.3 is 29.6 Å². The second-order valence-corrected chi connectivity index (χ2v) is 5.27. The van der Waals surface area contributed by atoms with Gasteiger partial charge in [-0.3, -0.25) is 0 Å². The average molecular weight is 258 g/mol. The molecule has 0 spiro atoms. The molecule has 0 aliphatic carbocycles. The zero-order valence-corrected chi connectivity index (χ0v) is 12.8. The molecule has 0 aliphatic heterocycles. The molecular weight excluding hydrogens is 247 g/mol. The van der Waals surface area contributed by atoms with Crippen LogP contribution in [0, 0.1) is 13.8 Å². The smallest absolute Gasteiger partial charge is 0.744 e. The Morgan fingerprint density at radius 3 is 2.24 bits per heavy atom. The van der Waals surface area contributed by atoms with Gasteiger partial charge in [0.15, 0.2) is 0 Å². The minimum Gasteiger partial charge on any atom is -0.744 e. The predicted octanol–water partition coefficient (Wildman–Crippen LogP) is -0.635. The molecule has 17 heavy (non-hydrogen) atoms. The van der Waals surface area contributed by atoms with E-state index in [0.29, 0.717) is 5.56 Å². The zero-order chi connectivity index (χ0) is 11.9. The SMILES string of the molecule is Cc1ccc2cc(C)c(S(=O)(=O)[O-])cc2c1.[Na+]. The van der Waals surface area contributed by atoms with Gasteiger partial charge in [-0.05, 0) is 36.2 Å². The van der Waals surface area contributed by atoms with Crippen LogP contribution in [0.4, 0.5) is 0 Å². The first-order valence-corrected chi connectivity index (χ1v) is 6.26. The van der Waals surface area contributed by atoms with E-state index in [1.807, 2.05) is 25.1 Å². The summed E-state index contributed by atoms with van der Waals surface area (Å²) in [5.41, 5.74) is 1.52. The fraction of sp³-hybridized carbons (Fsp3) is 0.167. The Morgan fingerprint density at radius 1 is 1.00 bits per heavy atom. The van der Waals surface area contributed by atoms with Crippen LogP contribution >= 0.6 is 0 Å². The van der Waals surface area contributed by atoms with Crippen LogP contribution in [0.15, 0.2) is 35.2 Å². The summed E-state index contributed by atoms with van der Waals surface area (Å²) in [5, 5.41) is 1.72. The van der Waals surface area contributed by atoms with E-state index in [2.05, 4.69) is 0 Å². The predicted molar refractivity (Wildman–Crippen MR) is 61.4 cm³/mol. The molecule has 5 heteroatoms. The number of hydrogen-bond acceptors (Lipinski definition) is 3. The molecule has 0 unspecified atom stereocenters. The van der Waals surface area contributed by atoms with Gasteiger partial charge in [-0.15, -0.1) is 0 Å². The molecular formula is C12H11NaO3S. The maximum atomic E-state index is 11.0. The quantitative estimate of drug-likeness (QED) is 0.505. The maximum Gasteiger partial charge on any atom is 1.00 e. The van der Waals surface area contributed by atoms with E-state index < -0.39 is 10.1 Å². The van der Waals surface area contributed by atoms with Gasteiger partial charge in [0, 0.05) is 0 Å². The molecule has 84 valence electrons. The van der Waals surface area contributed by atoms with Crippen LogP contribution in [0.25, 0.3) is 10.8 Å². The second kappa shape index (κ2) is 5.08. The number of fused-ring (bicyclic) bond motifs is 1. The van der Waals surface area contributed by atoms with Gasteiger partial charge in [0.2, 0.25) is 0 Å². The Bertz CT molecular complexity index is 663. The molecule has 3 nitrogen and oxygen atoms in total. The molecule has 0 N–H and O–H groups in total. The molecule has 0 saturated heterocycles. The Labute approximate surface area is 123 Å². The van der Waals surface area contributed by atoms with Crippen molar-refractivity contribution < 1.29 is 42.5 Å². The Balaban J connectivity index is 0.00000144. The summed E-state index contributed by atoms with van der Waals surface area (Å²) < 4.78 is 33.1. The van der Waals surface area contributed by atoms with E-state index in [1.165, 1.54) is 6.07 Å². The minimum atomic E-state index is -4.39. The number of aryl methyl sites for hydroxylation is 2. The van der Waals surface area contributed by atoms with Gasteiger partial charge in [0.1, 0.15) is 10.1 Å². The molecule has 0 aromatic heterocycles. The van der Waals surface area contributed by atoms with Crippen LogP contribution in [-0.2, 0) is 10.1 Å². The van der Waals surface area contributed by atoms with E-state index in [-0.39, 0.29) is 34.5 Å². The van der Waals surface area contributed by atoms with Crippen LogP contribution in [-0.4, -0.2) is 13.0 Å². The summed E-state index contributed by atoms with van der Waals surface area (Å²) in [6, 6.07) is 8.90. The molecule has 0 fully saturated rings. The van der Waals surface area contributed by atoms with Gasteiger partial charge < -0.3 is 4.55 Å². The van der Waals surface area contributed by atoms with E-state index in [1.54, 1.807) is 13.0 Å². The van der Waals surface area contributed by atoms with Crippen molar-refractivity contribution in [3.8, 4) is 0 Å². The summed E-state index contributed by atoms with van der Waals surface area (Å²) in [6.07, 6.45) is 0. The van der Waals surface area contributed by atoms with Crippen LogP contribution in [0.5, 0.6) is 0 Å². The summed E-state index contributed by atoms with van der Waals surface area (Å²) in [7, 11) is -4.39. The van der Waals surface area contributed by atoms with Gasteiger partial charge in [-0.25, -0.2) is 8.42 Å². The van der Waals surface area contributed by atoms with Crippen molar-refractivity contribution in [2.75, 3.05) is 0 Å². The Morgan fingerprint density at radius 2 is 1.65 bits per heavy atom. The largest absolute Gasteiger partial charge is 1.00 e. The number of rotatable bonds is 1. The van der Waals surface area contributed by atoms with Crippen LogP contribution in [0.3, 0.4) is 0 Å². The average Bonchev–Trinajstić information content (AvgIpc) is 2.16. The molecule has 0 amide bonds. The Kier molecular flexibility index (Phi) is 4.38. The van der Waals surface area contributed by atoms with Crippen molar-refractivity contribution >= 4 is 20.9 Å². The van der Waals surface area contributed by atoms with E-state index >= 15 is 0 Å². The first-order chi connectivity index (χ1) is 7.38. The van der Waals surface area contributed by atoms with Crippen molar-refractivity contribution in [3.63, 3.8) is 0 Å². The molecule has 2 rings (SSSR count). The summed E-state index contributed by atoms with van der Waals surface area (Å²) in [6.45, 7) is 3.55. The fourth-order valence-corrected chi connectivity index (χ4v) is 2.50. The van der Waals surface area contributed by atoms with E-state index in [0.717, 1.165) is 16.3 Å². The molecule has 2 aromatic rings. The van der Waals surface area contributed by atoms with Crippen molar-refractivity contribution in [1.29, 1.82) is 0 Å². The van der Waals surface area contributed by atoms with Gasteiger partial charge in [0.25, 0.3) is 0 Å². The van der Waals surface area contributed by atoms with E-state index in [9.17, 15) is 13.0 Å². The van der Waals surface area contributed by atoms with Crippen molar-refractivity contribution in [1.82, 2.24) is 0 Å². The third-order valence-electron chi connectivity index (χ3n) is 2.56. The third-order valence-corrected chi connectivity index (χ3v) is 3.54. The molecule has 0 atom stereocenters. The maximum absolute atomic E-state index is 11.0. The molecule has 0 aliphatic rings. The van der Waals surface area contributed by atoms with Crippen LogP contribution < -0.4 is 29.6 Å². The molecule has 0 bridgehead atoms. The second-order valence-electron chi connectivity index (χ2n) is 3.92. The molecule has 0 radical (unpaired) electrons. The number of hydrogen-bond donors (Lipinski definition) is 0. The van der Waals surface area contributed by atoms with Gasteiger partial charge in [-0.1, -0.05) is 29.8 Å². The van der Waals surface area contributed by atoms with Crippen molar-refractivity contribution in [2.45, 2.75) is 18.7 Å². The van der Waals surface area contributed by atoms with Gasteiger partial charge in [0.05, 0.1) is 4.90 Å². The normalized spacial score (nSPS) is 11.2. The van der Waals surface area contributed by atoms with E-state index in [4.69, 9.17) is 0 Å². The summed E-state index contributed by atoms with van der Waals surface area (Å²) in [5.74, 6) is 0. The monoisotopic (exact) mass is 258 g/mol. The minimum absolute atomic E-state index is 0. The third kappa shape index (κ3) is 3.09.